The molecule has 0 radical (unpaired) electrons. The lowest BCUT2D eigenvalue weighted by molar-refractivity contribution is -0.0504. The minimum absolute atomic E-state index is 0.0854. The van der Waals surface area contributed by atoms with Gasteiger partial charge in [-0.1, -0.05) is 12.1 Å². The molecule has 0 aliphatic carbocycles. The zero-order chi connectivity index (χ0) is 15.9. The second-order valence-corrected chi connectivity index (χ2v) is 5.58. The van der Waals surface area contributed by atoms with E-state index < -0.39 is 0 Å². The summed E-state index contributed by atoms with van der Waals surface area (Å²) in [5.41, 5.74) is 1.28. The predicted octanol–water partition coefficient (Wildman–Crippen LogP) is 2.37. The normalized spacial score (nSPS) is 18.6. The molecule has 1 aliphatic heterocycles. The molecule has 1 aliphatic rings. The Labute approximate surface area is 136 Å². The number of hydrogen-bond acceptors (Lipinski definition) is 5. The number of methoxy groups -OCH3 is 1. The second kappa shape index (κ2) is 7.94. The maximum absolute atomic E-state index is 5.80. The molecule has 2 aromatic rings. The lowest BCUT2D eigenvalue weighted by Crippen LogP contribution is -2.44. The van der Waals surface area contributed by atoms with E-state index in [1.807, 2.05) is 24.3 Å². The van der Waals surface area contributed by atoms with Crippen LogP contribution in [0.4, 0.5) is 0 Å². The van der Waals surface area contributed by atoms with E-state index in [0.717, 1.165) is 37.7 Å². The summed E-state index contributed by atoms with van der Waals surface area (Å²) in [7, 11) is 1.68. The fourth-order valence-electron chi connectivity index (χ4n) is 2.64. The Balaban J connectivity index is 1.49. The lowest BCUT2D eigenvalue weighted by Gasteiger charge is -2.32. The molecule has 5 heteroatoms. The minimum Gasteiger partial charge on any atom is -0.497 e. The molecule has 1 atom stereocenters. The Morgan fingerprint density at radius 2 is 2.09 bits per heavy atom. The van der Waals surface area contributed by atoms with E-state index in [1.54, 1.807) is 19.5 Å². The number of pyridine rings is 1. The molecule has 0 N–H and O–H groups in total. The number of hydrogen-bond donors (Lipinski definition) is 0. The molecule has 5 nitrogen and oxygen atoms in total. The molecule has 0 spiro atoms. The zero-order valence-corrected chi connectivity index (χ0v) is 13.4. The highest BCUT2D eigenvalue weighted by Gasteiger charge is 2.21. The monoisotopic (exact) mass is 314 g/mol. The average molecular weight is 314 g/mol. The van der Waals surface area contributed by atoms with Crippen LogP contribution in [-0.4, -0.2) is 49.4 Å². The average Bonchev–Trinajstić information content (AvgIpc) is 2.62. The summed E-state index contributed by atoms with van der Waals surface area (Å²) in [5.74, 6) is 1.67. The van der Waals surface area contributed by atoms with Gasteiger partial charge in [-0.25, -0.2) is 0 Å². The predicted molar refractivity (Wildman–Crippen MR) is 87.7 cm³/mol. The molecule has 1 aromatic carbocycles. The van der Waals surface area contributed by atoms with Crippen LogP contribution in [-0.2, 0) is 11.3 Å². The van der Waals surface area contributed by atoms with Crippen molar-refractivity contribution in [3.8, 4) is 11.5 Å². The van der Waals surface area contributed by atoms with Crippen LogP contribution >= 0.6 is 0 Å². The Hall–Kier alpha value is -2.11. The maximum atomic E-state index is 5.80. The fraction of sp³-hybridized carbons (Fsp3) is 0.389. The van der Waals surface area contributed by atoms with Crippen molar-refractivity contribution in [2.45, 2.75) is 12.6 Å². The van der Waals surface area contributed by atoms with Crippen molar-refractivity contribution >= 4 is 0 Å². The van der Waals surface area contributed by atoms with Gasteiger partial charge in [0.1, 0.15) is 24.2 Å². The van der Waals surface area contributed by atoms with Gasteiger partial charge in [0, 0.05) is 25.8 Å². The van der Waals surface area contributed by atoms with Crippen LogP contribution in [0.25, 0.3) is 0 Å². The highest BCUT2D eigenvalue weighted by atomic mass is 16.5. The highest BCUT2D eigenvalue weighted by Crippen LogP contribution is 2.15. The maximum Gasteiger partial charge on any atom is 0.137 e. The molecule has 1 fully saturated rings. The number of nitrogens with zero attached hydrogens (tertiary/aromatic N) is 2. The van der Waals surface area contributed by atoms with Crippen molar-refractivity contribution in [1.29, 1.82) is 0 Å². The summed E-state index contributed by atoms with van der Waals surface area (Å²) in [4.78, 5) is 6.44. The molecule has 0 saturated carbocycles. The van der Waals surface area contributed by atoms with Crippen LogP contribution in [0.1, 0.15) is 5.56 Å². The van der Waals surface area contributed by atoms with Gasteiger partial charge >= 0.3 is 0 Å². The summed E-state index contributed by atoms with van der Waals surface area (Å²) in [6.07, 6.45) is 3.54. The third-order valence-corrected chi connectivity index (χ3v) is 3.86. The number of benzene rings is 1. The lowest BCUT2D eigenvalue weighted by atomic mass is 10.2. The molecule has 0 bridgehead atoms. The van der Waals surface area contributed by atoms with Crippen LogP contribution in [0, 0.1) is 0 Å². The molecular weight excluding hydrogens is 292 g/mol. The number of ether oxygens (including phenoxy) is 3. The van der Waals surface area contributed by atoms with Gasteiger partial charge < -0.3 is 14.2 Å². The topological polar surface area (TPSA) is 43.8 Å². The van der Waals surface area contributed by atoms with E-state index in [1.165, 1.54) is 5.56 Å². The van der Waals surface area contributed by atoms with E-state index in [0.29, 0.717) is 6.61 Å². The third kappa shape index (κ3) is 4.68. The van der Waals surface area contributed by atoms with E-state index in [2.05, 4.69) is 22.0 Å². The Morgan fingerprint density at radius 3 is 2.83 bits per heavy atom. The Morgan fingerprint density at radius 1 is 1.22 bits per heavy atom. The number of aromatic nitrogens is 1. The second-order valence-electron chi connectivity index (χ2n) is 5.58. The van der Waals surface area contributed by atoms with E-state index in [4.69, 9.17) is 14.2 Å². The molecule has 3 rings (SSSR count). The van der Waals surface area contributed by atoms with Crippen molar-refractivity contribution in [2.75, 3.05) is 33.4 Å². The quantitative estimate of drug-likeness (QED) is 0.819. The van der Waals surface area contributed by atoms with Gasteiger partial charge in [0.25, 0.3) is 0 Å². The molecule has 0 unspecified atom stereocenters. The smallest absolute Gasteiger partial charge is 0.137 e. The number of rotatable bonds is 6. The third-order valence-electron chi connectivity index (χ3n) is 3.86. The SMILES string of the molecule is COc1ccc(CN2CCO[C@H](COc3cccnc3)C2)cc1. The van der Waals surface area contributed by atoms with Gasteiger partial charge in [-0.15, -0.1) is 0 Å². The van der Waals surface area contributed by atoms with Crippen molar-refractivity contribution in [1.82, 2.24) is 9.88 Å². The summed E-state index contributed by atoms with van der Waals surface area (Å²) in [6.45, 7) is 4.00. The van der Waals surface area contributed by atoms with Gasteiger partial charge in [-0.3, -0.25) is 9.88 Å². The number of morpholine rings is 1. The van der Waals surface area contributed by atoms with E-state index in [9.17, 15) is 0 Å². The van der Waals surface area contributed by atoms with Crippen LogP contribution < -0.4 is 9.47 Å². The van der Waals surface area contributed by atoms with Crippen molar-refractivity contribution < 1.29 is 14.2 Å². The molecule has 122 valence electrons. The summed E-state index contributed by atoms with van der Waals surface area (Å²) < 4.78 is 16.7. The molecule has 1 aromatic heterocycles. The van der Waals surface area contributed by atoms with Gasteiger partial charge in [-0.2, -0.15) is 0 Å². The Bertz CT molecular complexity index is 589. The molecular formula is C18H22N2O3. The molecule has 1 saturated heterocycles. The highest BCUT2D eigenvalue weighted by molar-refractivity contribution is 5.27. The van der Waals surface area contributed by atoms with Crippen molar-refractivity contribution in [2.24, 2.45) is 0 Å². The molecule has 2 heterocycles. The largest absolute Gasteiger partial charge is 0.497 e. The van der Waals surface area contributed by atoms with Gasteiger partial charge in [-0.05, 0) is 29.8 Å². The molecule has 23 heavy (non-hydrogen) atoms. The van der Waals surface area contributed by atoms with Crippen LogP contribution in [0.3, 0.4) is 0 Å². The van der Waals surface area contributed by atoms with Gasteiger partial charge in [0.05, 0.1) is 19.9 Å². The minimum atomic E-state index is 0.0854. The first-order valence-corrected chi connectivity index (χ1v) is 7.83. The van der Waals surface area contributed by atoms with E-state index >= 15 is 0 Å². The first-order valence-electron chi connectivity index (χ1n) is 7.83. The standard InChI is InChI=1S/C18H22N2O3/c1-21-16-6-4-15(5-7-16)12-20-9-10-22-18(13-20)14-23-17-3-2-8-19-11-17/h2-8,11,18H,9-10,12-14H2,1H3/t18-/m0/s1. The van der Waals surface area contributed by atoms with Crippen LogP contribution in [0.15, 0.2) is 48.8 Å². The van der Waals surface area contributed by atoms with Gasteiger partial charge in [0.2, 0.25) is 0 Å². The first kappa shape index (κ1) is 15.8. The van der Waals surface area contributed by atoms with E-state index in [-0.39, 0.29) is 6.10 Å². The van der Waals surface area contributed by atoms with Crippen LogP contribution in [0.2, 0.25) is 0 Å². The molecule has 0 amide bonds. The summed E-state index contributed by atoms with van der Waals surface area (Å²) in [5, 5.41) is 0. The van der Waals surface area contributed by atoms with Crippen LogP contribution in [0.5, 0.6) is 11.5 Å². The van der Waals surface area contributed by atoms with Gasteiger partial charge in [0.15, 0.2) is 0 Å². The first-order chi connectivity index (χ1) is 11.3. The summed E-state index contributed by atoms with van der Waals surface area (Å²) >= 11 is 0. The fourth-order valence-corrected chi connectivity index (χ4v) is 2.64. The Kier molecular flexibility index (Phi) is 5.45. The zero-order valence-electron chi connectivity index (χ0n) is 13.4. The van der Waals surface area contributed by atoms with Crippen molar-refractivity contribution in [3.63, 3.8) is 0 Å². The van der Waals surface area contributed by atoms with Crippen molar-refractivity contribution in [3.05, 3.63) is 54.4 Å². The summed E-state index contributed by atoms with van der Waals surface area (Å²) in [6, 6.07) is 12.0.